The van der Waals surface area contributed by atoms with Gasteiger partial charge in [-0.15, -0.1) is 0 Å². The van der Waals surface area contributed by atoms with Gasteiger partial charge in [-0.25, -0.2) is 8.42 Å². The van der Waals surface area contributed by atoms with Crippen molar-refractivity contribution >= 4 is 15.5 Å². The number of nitrogens with one attached hydrogen (secondary N) is 1. The third-order valence-electron chi connectivity index (χ3n) is 3.26. The third kappa shape index (κ3) is 2.75. The number of sulfone groups is 1. The van der Waals surface area contributed by atoms with E-state index in [-0.39, 0.29) is 11.8 Å². The van der Waals surface area contributed by atoms with E-state index in [9.17, 15) is 8.42 Å². The Morgan fingerprint density at radius 2 is 1.83 bits per heavy atom. The van der Waals surface area contributed by atoms with Gasteiger partial charge in [-0.05, 0) is 24.0 Å². The van der Waals surface area contributed by atoms with Crippen molar-refractivity contribution in [2.75, 3.05) is 11.1 Å². The average Bonchev–Trinajstić information content (AvgIpc) is 2.69. The zero-order chi connectivity index (χ0) is 13.2. The summed E-state index contributed by atoms with van der Waals surface area (Å²) < 4.78 is 22.8. The van der Waals surface area contributed by atoms with Crippen molar-refractivity contribution in [2.24, 2.45) is 0 Å². The summed E-state index contributed by atoms with van der Waals surface area (Å²) in [6.07, 6.45) is 3.62. The number of benzene rings is 1. The second-order valence-corrected chi connectivity index (χ2v) is 6.50. The molecule has 3 nitrogen and oxygen atoms in total. The Kier molecular flexibility index (Phi) is 3.76. The van der Waals surface area contributed by atoms with Crippen molar-refractivity contribution in [3.05, 3.63) is 40.8 Å². The van der Waals surface area contributed by atoms with Crippen LogP contribution in [0.2, 0.25) is 0 Å². The fourth-order valence-electron chi connectivity index (χ4n) is 2.28. The number of aryl methyl sites for hydroxylation is 2. The van der Waals surface area contributed by atoms with Crippen LogP contribution in [0.5, 0.6) is 0 Å². The van der Waals surface area contributed by atoms with Crippen molar-refractivity contribution < 1.29 is 8.42 Å². The Balaban J connectivity index is 2.26. The molecule has 0 aliphatic carbocycles. The molecule has 1 aromatic carbocycles. The number of anilines is 1. The van der Waals surface area contributed by atoms with E-state index in [1.807, 2.05) is 0 Å². The van der Waals surface area contributed by atoms with Crippen LogP contribution in [0.3, 0.4) is 0 Å². The molecule has 18 heavy (non-hydrogen) atoms. The van der Waals surface area contributed by atoms with Crippen LogP contribution in [0, 0.1) is 0 Å². The second-order valence-electron chi connectivity index (χ2n) is 4.57. The lowest BCUT2D eigenvalue weighted by Gasteiger charge is -2.18. The quantitative estimate of drug-likeness (QED) is 0.910. The van der Waals surface area contributed by atoms with Crippen molar-refractivity contribution in [1.29, 1.82) is 0 Å². The molecule has 98 valence electrons. The lowest BCUT2D eigenvalue weighted by Crippen LogP contribution is -2.22. The first-order valence-electron chi connectivity index (χ1n) is 6.34. The lowest BCUT2D eigenvalue weighted by molar-refractivity contribution is 0.605. The number of para-hydroxylation sites is 1. The summed E-state index contributed by atoms with van der Waals surface area (Å²) in [7, 11) is -3.00. The summed E-state index contributed by atoms with van der Waals surface area (Å²) in [6.45, 7) is 4.22. The smallest absolute Gasteiger partial charge is 0.173 e. The minimum absolute atomic E-state index is 0.104. The van der Waals surface area contributed by atoms with Crippen molar-refractivity contribution in [1.82, 2.24) is 0 Å². The van der Waals surface area contributed by atoms with Gasteiger partial charge < -0.3 is 5.32 Å². The Labute approximate surface area is 109 Å². The fraction of sp³-hybridized carbons (Fsp3) is 0.429. The zero-order valence-corrected chi connectivity index (χ0v) is 11.6. The molecule has 0 fully saturated rings. The van der Waals surface area contributed by atoms with Crippen molar-refractivity contribution in [2.45, 2.75) is 32.7 Å². The third-order valence-corrected chi connectivity index (χ3v) is 4.65. The van der Waals surface area contributed by atoms with E-state index >= 15 is 0 Å². The Hall–Kier alpha value is -1.29. The maximum Gasteiger partial charge on any atom is 0.173 e. The van der Waals surface area contributed by atoms with E-state index in [1.165, 1.54) is 16.5 Å². The van der Waals surface area contributed by atoms with Crippen LogP contribution in [0.1, 0.15) is 25.0 Å². The van der Waals surface area contributed by atoms with E-state index in [0.717, 1.165) is 18.5 Å². The van der Waals surface area contributed by atoms with Crippen LogP contribution < -0.4 is 5.32 Å². The topological polar surface area (TPSA) is 46.2 Å². The van der Waals surface area contributed by atoms with Gasteiger partial charge in [0.15, 0.2) is 9.84 Å². The number of hydrogen-bond donors (Lipinski definition) is 1. The molecule has 1 aromatic rings. The van der Waals surface area contributed by atoms with Crippen LogP contribution in [0.15, 0.2) is 29.7 Å². The summed E-state index contributed by atoms with van der Waals surface area (Å²) in [5, 5.41) is 4.68. The van der Waals surface area contributed by atoms with Crippen LogP contribution in [0.4, 0.5) is 5.69 Å². The van der Waals surface area contributed by atoms with Gasteiger partial charge in [0.2, 0.25) is 0 Å². The molecule has 0 saturated carbocycles. The highest BCUT2D eigenvalue weighted by Gasteiger charge is 2.22. The van der Waals surface area contributed by atoms with Crippen molar-refractivity contribution in [3.8, 4) is 0 Å². The molecule has 1 unspecified atom stereocenters. The Morgan fingerprint density at radius 3 is 2.28 bits per heavy atom. The van der Waals surface area contributed by atoms with Crippen LogP contribution in [-0.4, -0.2) is 20.2 Å². The molecule has 0 aromatic heterocycles. The largest absolute Gasteiger partial charge is 0.377 e. The Bertz CT molecular complexity index is 539. The standard InChI is InChI=1S/C14H19NO2S/c1-3-11-6-5-7-12(4-2)14(11)15-13-8-9-18(16,17)10-13/h5-9,13,15H,3-4,10H2,1-2H3. The predicted octanol–water partition coefficient (Wildman–Crippen LogP) is 2.53. The Morgan fingerprint density at radius 1 is 1.22 bits per heavy atom. The first-order chi connectivity index (χ1) is 8.55. The molecular weight excluding hydrogens is 246 g/mol. The van der Waals surface area contributed by atoms with Crippen molar-refractivity contribution in [3.63, 3.8) is 0 Å². The highest BCUT2D eigenvalue weighted by atomic mass is 32.2. The molecule has 0 spiro atoms. The lowest BCUT2D eigenvalue weighted by atomic mass is 10.0. The molecule has 4 heteroatoms. The molecule has 0 saturated heterocycles. The average molecular weight is 265 g/mol. The van der Waals surface area contributed by atoms with Gasteiger partial charge in [-0.1, -0.05) is 38.1 Å². The number of rotatable bonds is 4. The summed E-state index contributed by atoms with van der Waals surface area (Å²) in [6, 6.07) is 6.14. The number of hydrogen-bond acceptors (Lipinski definition) is 3. The first-order valence-corrected chi connectivity index (χ1v) is 8.05. The maximum absolute atomic E-state index is 11.4. The van der Waals surface area contributed by atoms with E-state index in [2.05, 4.69) is 37.4 Å². The highest BCUT2D eigenvalue weighted by Crippen LogP contribution is 2.25. The summed E-state index contributed by atoms with van der Waals surface area (Å²) in [4.78, 5) is 0. The van der Waals surface area contributed by atoms with Gasteiger partial charge in [0.1, 0.15) is 0 Å². The van der Waals surface area contributed by atoms with Gasteiger partial charge in [0, 0.05) is 11.1 Å². The molecule has 0 amide bonds. The molecule has 1 aliphatic heterocycles. The zero-order valence-electron chi connectivity index (χ0n) is 10.8. The molecule has 0 bridgehead atoms. The predicted molar refractivity (Wildman–Crippen MR) is 75.5 cm³/mol. The summed E-state index contributed by atoms with van der Waals surface area (Å²) in [5.41, 5.74) is 3.59. The van der Waals surface area contributed by atoms with E-state index in [1.54, 1.807) is 6.08 Å². The van der Waals surface area contributed by atoms with Crippen LogP contribution in [0.25, 0.3) is 0 Å². The monoisotopic (exact) mass is 265 g/mol. The maximum atomic E-state index is 11.4. The molecule has 0 radical (unpaired) electrons. The summed E-state index contributed by atoms with van der Waals surface area (Å²) >= 11 is 0. The normalized spacial score (nSPS) is 21.1. The minimum atomic E-state index is -3.00. The SMILES string of the molecule is CCc1cccc(CC)c1NC1C=CS(=O)(=O)C1. The second kappa shape index (κ2) is 5.14. The molecule has 2 rings (SSSR count). The van der Waals surface area contributed by atoms with Gasteiger partial charge >= 0.3 is 0 Å². The highest BCUT2D eigenvalue weighted by molar-refractivity contribution is 7.94. The first kappa shape index (κ1) is 13.1. The van der Waals surface area contributed by atoms with E-state index < -0.39 is 9.84 Å². The molecule has 1 aliphatic rings. The van der Waals surface area contributed by atoms with Gasteiger partial charge in [0.05, 0.1) is 11.8 Å². The molecule has 1 atom stereocenters. The molecular formula is C14H19NO2S. The minimum Gasteiger partial charge on any atom is -0.377 e. The van der Waals surface area contributed by atoms with Crippen LogP contribution >= 0.6 is 0 Å². The fourth-order valence-corrected chi connectivity index (χ4v) is 3.51. The molecule has 1 N–H and O–H groups in total. The van der Waals surface area contributed by atoms with Gasteiger partial charge in [-0.2, -0.15) is 0 Å². The molecule has 1 heterocycles. The van der Waals surface area contributed by atoms with Gasteiger partial charge in [0.25, 0.3) is 0 Å². The summed E-state index contributed by atoms with van der Waals surface area (Å²) in [5.74, 6) is 0.161. The van der Waals surface area contributed by atoms with Crippen LogP contribution in [-0.2, 0) is 22.7 Å². The van der Waals surface area contributed by atoms with E-state index in [0.29, 0.717) is 0 Å². The van der Waals surface area contributed by atoms with E-state index in [4.69, 9.17) is 0 Å². The van der Waals surface area contributed by atoms with Gasteiger partial charge in [-0.3, -0.25) is 0 Å².